The number of rotatable bonds is 6. The van der Waals surface area contributed by atoms with Gasteiger partial charge in [-0.15, -0.1) is 0 Å². The van der Waals surface area contributed by atoms with Crippen LogP contribution >= 0.6 is 0 Å². The predicted molar refractivity (Wildman–Crippen MR) is 95.4 cm³/mol. The van der Waals surface area contributed by atoms with E-state index in [1.54, 1.807) is 38.4 Å². The molecule has 3 N–H and O–H groups in total. The molecule has 1 aliphatic rings. The van der Waals surface area contributed by atoms with E-state index < -0.39 is 0 Å². The molecule has 1 saturated heterocycles. The van der Waals surface area contributed by atoms with Gasteiger partial charge in [0.1, 0.15) is 0 Å². The Kier molecular flexibility index (Phi) is 7.02. The standard InChI is InChI=1S/C17H27N5O2/c1-21(2)17(24)20-15-6-3-5-14(13-15)16(23)19-7-4-10-22-11-8-18-9-12-22/h3,5-6,13,18H,4,7-12H2,1-2H3,(H,19,23)(H,20,24). The number of carbonyl (C=O) groups is 2. The van der Waals surface area contributed by atoms with Crippen LogP contribution < -0.4 is 16.0 Å². The zero-order valence-corrected chi connectivity index (χ0v) is 14.5. The molecule has 0 unspecified atom stereocenters. The molecule has 1 aromatic rings. The van der Waals surface area contributed by atoms with Crippen LogP contribution in [0.1, 0.15) is 16.8 Å². The van der Waals surface area contributed by atoms with Gasteiger partial charge in [-0.2, -0.15) is 0 Å². The molecule has 1 aromatic carbocycles. The molecule has 0 radical (unpaired) electrons. The third-order valence-corrected chi connectivity index (χ3v) is 3.93. The second kappa shape index (κ2) is 9.24. The number of benzene rings is 1. The molecule has 3 amide bonds. The maximum Gasteiger partial charge on any atom is 0.321 e. The summed E-state index contributed by atoms with van der Waals surface area (Å²) in [7, 11) is 3.34. The molecule has 2 rings (SSSR count). The van der Waals surface area contributed by atoms with Crippen molar-refractivity contribution >= 4 is 17.6 Å². The van der Waals surface area contributed by atoms with Gasteiger partial charge in [-0.1, -0.05) is 6.07 Å². The topological polar surface area (TPSA) is 76.7 Å². The lowest BCUT2D eigenvalue weighted by Gasteiger charge is -2.27. The normalized spacial score (nSPS) is 14.9. The highest BCUT2D eigenvalue weighted by atomic mass is 16.2. The Morgan fingerprint density at radius 1 is 1.25 bits per heavy atom. The van der Waals surface area contributed by atoms with Gasteiger partial charge in [0.2, 0.25) is 0 Å². The first-order valence-corrected chi connectivity index (χ1v) is 8.36. The maximum absolute atomic E-state index is 12.2. The van der Waals surface area contributed by atoms with Crippen LogP contribution in [0.2, 0.25) is 0 Å². The molecule has 1 heterocycles. The number of hydrogen-bond acceptors (Lipinski definition) is 4. The van der Waals surface area contributed by atoms with E-state index in [4.69, 9.17) is 0 Å². The van der Waals surface area contributed by atoms with E-state index in [1.807, 2.05) is 0 Å². The van der Waals surface area contributed by atoms with E-state index >= 15 is 0 Å². The number of hydrogen-bond donors (Lipinski definition) is 3. The number of piperazine rings is 1. The molecule has 1 aliphatic heterocycles. The molecule has 0 aromatic heterocycles. The van der Waals surface area contributed by atoms with Crippen molar-refractivity contribution in [3.8, 4) is 0 Å². The molecule has 0 bridgehead atoms. The number of carbonyl (C=O) groups excluding carboxylic acids is 2. The van der Waals surface area contributed by atoms with Crippen molar-refractivity contribution in [2.45, 2.75) is 6.42 Å². The monoisotopic (exact) mass is 333 g/mol. The molecule has 7 nitrogen and oxygen atoms in total. The Bertz CT molecular complexity index is 556. The summed E-state index contributed by atoms with van der Waals surface area (Å²) in [6.07, 6.45) is 0.933. The SMILES string of the molecule is CN(C)C(=O)Nc1cccc(C(=O)NCCCN2CCNCC2)c1. The van der Waals surface area contributed by atoms with Gasteiger partial charge in [0.15, 0.2) is 0 Å². The molecule has 7 heteroatoms. The van der Waals surface area contributed by atoms with E-state index in [9.17, 15) is 9.59 Å². The summed E-state index contributed by atoms with van der Waals surface area (Å²) in [6, 6.07) is 6.75. The lowest BCUT2D eigenvalue weighted by atomic mass is 10.2. The third kappa shape index (κ3) is 5.82. The van der Waals surface area contributed by atoms with Crippen LogP contribution in [0.25, 0.3) is 0 Å². The average molecular weight is 333 g/mol. The Labute approximate surface area is 143 Å². The molecule has 0 atom stereocenters. The molecular weight excluding hydrogens is 306 g/mol. The van der Waals surface area contributed by atoms with Crippen molar-refractivity contribution in [1.82, 2.24) is 20.4 Å². The Morgan fingerprint density at radius 2 is 2.00 bits per heavy atom. The number of nitrogens with one attached hydrogen (secondary N) is 3. The largest absolute Gasteiger partial charge is 0.352 e. The molecule has 0 aliphatic carbocycles. The summed E-state index contributed by atoms with van der Waals surface area (Å²) >= 11 is 0. The number of anilines is 1. The quantitative estimate of drug-likeness (QED) is 0.673. The Morgan fingerprint density at radius 3 is 2.71 bits per heavy atom. The van der Waals surface area contributed by atoms with Crippen LogP contribution in [0, 0.1) is 0 Å². The van der Waals surface area contributed by atoms with Gasteiger partial charge in [-0.3, -0.25) is 4.79 Å². The minimum Gasteiger partial charge on any atom is -0.352 e. The first kappa shape index (κ1) is 18.2. The minimum atomic E-state index is -0.219. The summed E-state index contributed by atoms with van der Waals surface area (Å²) in [4.78, 5) is 27.7. The number of amides is 3. The number of urea groups is 1. The lowest BCUT2D eigenvalue weighted by molar-refractivity contribution is 0.0951. The zero-order valence-electron chi connectivity index (χ0n) is 14.5. The van der Waals surface area contributed by atoms with Gasteiger partial charge in [-0.25, -0.2) is 4.79 Å². The summed E-state index contributed by atoms with van der Waals surface area (Å²) in [5.41, 5.74) is 1.16. The third-order valence-electron chi connectivity index (χ3n) is 3.93. The fraction of sp³-hybridized carbons (Fsp3) is 0.529. The van der Waals surface area contributed by atoms with Crippen molar-refractivity contribution in [2.75, 3.05) is 58.7 Å². The highest BCUT2D eigenvalue weighted by Gasteiger charge is 2.10. The predicted octanol–water partition coefficient (Wildman–Crippen LogP) is 0.805. The van der Waals surface area contributed by atoms with Crippen molar-refractivity contribution < 1.29 is 9.59 Å². The van der Waals surface area contributed by atoms with Gasteiger partial charge < -0.3 is 25.8 Å². The second-order valence-corrected chi connectivity index (χ2v) is 6.11. The van der Waals surface area contributed by atoms with Gasteiger partial charge in [0.25, 0.3) is 5.91 Å². The first-order valence-electron chi connectivity index (χ1n) is 8.36. The van der Waals surface area contributed by atoms with Crippen LogP contribution in [-0.2, 0) is 0 Å². The summed E-state index contributed by atoms with van der Waals surface area (Å²) < 4.78 is 0. The van der Waals surface area contributed by atoms with E-state index in [1.165, 1.54) is 4.90 Å². The van der Waals surface area contributed by atoms with Crippen LogP contribution in [0.3, 0.4) is 0 Å². The average Bonchev–Trinajstić information content (AvgIpc) is 2.59. The highest BCUT2D eigenvalue weighted by Crippen LogP contribution is 2.11. The number of nitrogens with zero attached hydrogens (tertiary/aromatic N) is 2. The summed E-state index contributed by atoms with van der Waals surface area (Å²) in [5, 5.41) is 9.00. The molecule has 132 valence electrons. The van der Waals surface area contributed by atoms with E-state index in [0.717, 1.165) is 39.1 Å². The van der Waals surface area contributed by atoms with Crippen molar-refractivity contribution in [1.29, 1.82) is 0 Å². The zero-order chi connectivity index (χ0) is 17.4. The van der Waals surface area contributed by atoms with Gasteiger partial charge >= 0.3 is 6.03 Å². The first-order chi connectivity index (χ1) is 11.6. The smallest absolute Gasteiger partial charge is 0.321 e. The molecular formula is C17H27N5O2. The van der Waals surface area contributed by atoms with Gasteiger partial charge in [-0.05, 0) is 31.2 Å². The van der Waals surface area contributed by atoms with E-state index in [-0.39, 0.29) is 11.9 Å². The minimum absolute atomic E-state index is 0.115. The summed E-state index contributed by atoms with van der Waals surface area (Å²) in [5.74, 6) is -0.115. The van der Waals surface area contributed by atoms with Crippen molar-refractivity contribution in [3.05, 3.63) is 29.8 Å². The molecule has 0 spiro atoms. The molecule has 24 heavy (non-hydrogen) atoms. The Balaban J connectivity index is 1.76. The summed E-state index contributed by atoms with van der Waals surface area (Å²) in [6.45, 7) is 5.87. The van der Waals surface area contributed by atoms with Gasteiger partial charge in [0, 0.05) is 58.1 Å². The maximum atomic E-state index is 12.2. The fourth-order valence-corrected chi connectivity index (χ4v) is 2.51. The van der Waals surface area contributed by atoms with E-state index in [0.29, 0.717) is 17.8 Å². The van der Waals surface area contributed by atoms with E-state index in [2.05, 4.69) is 20.9 Å². The van der Waals surface area contributed by atoms with Crippen LogP contribution in [0.4, 0.5) is 10.5 Å². The highest BCUT2D eigenvalue weighted by molar-refractivity contribution is 5.96. The van der Waals surface area contributed by atoms with Crippen LogP contribution in [-0.4, -0.2) is 75.1 Å². The van der Waals surface area contributed by atoms with Crippen LogP contribution in [0.15, 0.2) is 24.3 Å². The van der Waals surface area contributed by atoms with Crippen molar-refractivity contribution in [3.63, 3.8) is 0 Å². The molecule has 1 fully saturated rings. The van der Waals surface area contributed by atoms with Crippen LogP contribution in [0.5, 0.6) is 0 Å². The lowest BCUT2D eigenvalue weighted by Crippen LogP contribution is -2.44. The van der Waals surface area contributed by atoms with Gasteiger partial charge in [0.05, 0.1) is 0 Å². The molecule has 0 saturated carbocycles. The Hall–Kier alpha value is -2.12. The second-order valence-electron chi connectivity index (χ2n) is 6.11. The van der Waals surface area contributed by atoms with Crippen molar-refractivity contribution in [2.24, 2.45) is 0 Å². The fourth-order valence-electron chi connectivity index (χ4n) is 2.51.